The Morgan fingerprint density at radius 3 is 2.58 bits per heavy atom. The molecular weight excluding hydrogens is 410 g/mol. The molecular formula is C23H31N5O2S. The van der Waals surface area contributed by atoms with Crippen LogP contribution in [0.2, 0.25) is 0 Å². The van der Waals surface area contributed by atoms with E-state index >= 15 is 0 Å². The molecule has 0 aliphatic carbocycles. The van der Waals surface area contributed by atoms with Crippen LogP contribution in [-0.4, -0.2) is 65.0 Å². The van der Waals surface area contributed by atoms with E-state index in [-0.39, 0.29) is 12.5 Å². The van der Waals surface area contributed by atoms with Gasteiger partial charge in [0.05, 0.1) is 29.1 Å². The summed E-state index contributed by atoms with van der Waals surface area (Å²) < 4.78 is 8.35. The Morgan fingerprint density at radius 2 is 1.87 bits per heavy atom. The molecule has 7 nitrogen and oxygen atoms in total. The minimum Gasteiger partial charge on any atom is -0.379 e. The van der Waals surface area contributed by atoms with Gasteiger partial charge >= 0.3 is 0 Å². The van der Waals surface area contributed by atoms with Crippen LogP contribution in [-0.2, 0) is 16.1 Å². The molecule has 0 saturated carbocycles. The fourth-order valence-corrected chi connectivity index (χ4v) is 5.02. The molecule has 166 valence electrons. The highest BCUT2D eigenvalue weighted by Gasteiger charge is 2.22. The molecule has 1 aliphatic heterocycles. The number of ether oxygens (including phenoxy) is 1. The fraction of sp³-hybridized carbons (Fsp3) is 0.522. The maximum absolute atomic E-state index is 13.4. The lowest BCUT2D eigenvalue weighted by Crippen LogP contribution is -2.40. The van der Waals surface area contributed by atoms with E-state index in [1.54, 1.807) is 16.0 Å². The number of carbonyl (C=O) groups excluding carboxylic acids is 1. The molecule has 0 N–H and O–H groups in total. The third-order valence-corrected chi connectivity index (χ3v) is 6.91. The van der Waals surface area contributed by atoms with E-state index in [4.69, 9.17) is 9.72 Å². The first kappa shape index (κ1) is 21.9. The number of amides is 1. The first-order chi connectivity index (χ1) is 14.9. The minimum absolute atomic E-state index is 0.0284. The van der Waals surface area contributed by atoms with Crippen molar-refractivity contribution in [3.63, 3.8) is 0 Å². The molecule has 0 atom stereocenters. The van der Waals surface area contributed by atoms with Crippen molar-refractivity contribution in [2.45, 2.75) is 40.7 Å². The topological polar surface area (TPSA) is 63.5 Å². The normalized spacial score (nSPS) is 15.0. The predicted molar refractivity (Wildman–Crippen MR) is 125 cm³/mol. The quantitative estimate of drug-likeness (QED) is 0.562. The van der Waals surface area contributed by atoms with Crippen molar-refractivity contribution in [2.24, 2.45) is 0 Å². The van der Waals surface area contributed by atoms with Gasteiger partial charge in [-0.25, -0.2) is 4.98 Å². The first-order valence-corrected chi connectivity index (χ1v) is 11.7. The summed E-state index contributed by atoms with van der Waals surface area (Å²) in [4.78, 5) is 22.5. The van der Waals surface area contributed by atoms with Gasteiger partial charge in [-0.3, -0.25) is 19.3 Å². The molecule has 8 heteroatoms. The zero-order chi connectivity index (χ0) is 22.0. The van der Waals surface area contributed by atoms with E-state index in [1.807, 2.05) is 24.8 Å². The summed E-state index contributed by atoms with van der Waals surface area (Å²) in [6, 6.07) is 6.28. The van der Waals surface area contributed by atoms with Crippen molar-refractivity contribution in [3.8, 4) is 0 Å². The maximum Gasteiger partial charge on any atom is 0.250 e. The average molecular weight is 442 g/mol. The lowest BCUT2D eigenvalue weighted by atomic mass is 10.1. The molecule has 1 aliphatic rings. The second kappa shape index (κ2) is 9.46. The molecule has 3 heterocycles. The number of hydrogen-bond acceptors (Lipinski definition) is 6. The van der Waals surface area contributed by atoms with Gasteiger partial charge in [-0.15, -0.1) is 0 Å². The molecule has 3 aromatic rings. The summed E-state index contributed by atoms with van der Waals surface area (Å²) in [7, 11) is 0. The molecule has 0 unspecified atom stereocenters. The Kier molecular flexibility index (Phi) is 6.69. The molecule has 2 aromatic heterocycles. The molecule has 31 heavy (non-hydrogen) atoms. The van der Waals surface area contributed by atoms with Crippen molar-refractivity contribution >= 4 is 32.6 Å². The van der Waals surface area contributed by atoms with Crippen LogP contribution in [0.5, 0.6) is 0 Å². The van der Waals surface area contributed by atoms with Crippen LogP contribution in [0.25, 0.3) is 10.2 Å². The Balaban J connectivity index is 1.55. The van der Waals surface area contributed by atoms with Gasteiger partial charge in [0.25, 0.3) is 5.91 Å². The molecule has 1 amide bonds. The largest absolute Gasteiger partial charge is 0.379 e. The van der Waals surface area contributed by atoms with Crippen LogP contribution in [0.3, 0.4) is 0 Å². The van der Waals surface area contributed by atoms with E-state index in [9.17, 15) is 4.79 Å². The van der Waals surface area contributed by atoms with Gasteiger partial charge in [0.15, 0.2) is 5.13 Å². The van der Waals surface area contributed by atoms with E-state index in [2.05, 4.69) is 36.0 Å². The van der Waals surface area contributed by atoms with E-state index < -0.39 is 0 Å². The fourth-order valence-electron chi connectivity index (χ4n) is 3.94. The highest BCUT2D eigenvalue weighted by atomic mass is 32.1. The average Bonchev–Trinajstić information content (AvgIpc) is 3.28. The van der Waals surface area contributed by atoms with Gasteiger partial charge in [-0.05, 0) is 63.4 Å². The van der Waals surface area contributed by atoms with Crippen molar-refractivity contribution in [3.05, 3.63) is 40.7 Å². The summed E-state index contributed by atoms with van der Waals surface area (Å²) in [5.74, 6) is 0.0284. The summed E-state index contributed by atoms with van der Waals surface area (Å²) in [5, 5.41) is 5.25. The Labute approximate surface area is 187 Å². The van der Waals surface area contributed by atoms with Crippen molar-refractivity contribution in [1.29, 1.82) is 0 Å². The van der Waals surface area contributed by atoms with Gasteiger partial charge in [-0.1, -0.05) is 11.3 Å². The monoisotopic (exact) mass is 441 g/mol. The number of aromatic nitrogens is 3. The number of thiazole rings is 1. The number of fused-ring (bicyclic) bond motifs is 1. The lowest BCUT2D eigenvalue weighted by molar-refractivity contribution is -0.119. The van der Waals surface area contributed by atoms with E-state index in [1.165, 1.54) is 11.1 Å². The predicted octanol–water partition coefficient (Wildman–Crippen LogP) is 3.48. The minimum atomic E-state index is 0.0284. The first-order valence-electron chi connectivity index (χ1n) is 10.9. The maximum atomic E-state index is 13.4. The number of carbonyl (C=O) groups is 1. The van der Waals surface area contributed by atoms with E-state index in [0.29, 0.717) is 6.54 Å². The van der Waals surface area contributed by atoms with Gasteiger partial charge in [-0.2, -0.15) is 5.10 Å². The number of hydrogen-bond donors (Lipinski definition) is 0. The summed E-state index contributed by atoms with van der Waals surface area (Å²) in [6.07, 6.45) is 0.900. The Bertz CT molecular complexity index is 1030. The van der Waals surface area contributed by atoms with Gasteiger partial charge in [0.2, 0.25) is 0 Å². The van der Waals surface area contributed by atoms with E-state index in [0.717, 1.165) is 66.0 Å². The summed E-state index contributed by atoms with van der Waals surface area (Å²) >= 11 is 1.59. The SMILES string of the molecule is Cc1cc(C)n(CC(=O)N(CCCN2CCOCC2)c2nc3cc(C)c(C)cc3s2)n1. The summed E-state index contributed by atoms with van der Waals surface area (Å²) in [5.41, 5.74) is 5.35. The van der Waals surface area contributed by atoms with Crippen LogP contribution in [0.15, 0.2) is 18.2 Å². The number of rotatable bonds is 7. The van der Waals surface area contributed by atoms with Gasteiger partial charge < -0.3 is 4.74 Å². The molecule has 0 bridgehead atoms. The molecule has 0 spiro atoms. The third-order valence-electron chi connectivity index (χ3n) is 5.87. The zero-order valence-corrected chi connectivity index (χ0v) is 19.7. The highest BCUT2D eigenvalue weighted by Crippen LogP contribution is 2.31. The molecule has 1 fully saturated rings. The number of aryl methyl sites for hydroxylation is 4. The third kappa shape index (κ3) is 5.14. The van der Waals surface area contributed by atoms with Gasteiger partial charge in [0, 0.05) is 31.9 Å². The van der Waals surface area contributed by atoms with Crippen molar-refractivity contribution < 1.29 is 9.53 Å². The number of anilines is 1. The number of morpholine rings is 1. The molecule has 0 radical (unpaired) electrons. The van der Waals surface area contributed by atoms with Crippen LogP contribution >= 0.6 is 11.3 Å². The number of nitrogens with zero attached hydrogens (tertiary/aromatic N) is 5. The smallest absolute Gasteiger partial charge is 0.250 e. The lowest BCUT2D eigenvalue weighted by Gasteiger charge is -2.27. The van der Waals surface area contributed by atoms with Crippen molar-refractivity contribution in [2.75, 3.05) is 44.3 Å². The number of benzene rings is 1. The van der Waals surface area contributed by atoms with Crippen LogP contribution in [0.1, 0.15) is 28.9 Å². The standard InChI is InChI=1S/C23H31N5O2S/c1-16-12-20-21(13-17(16)2)31-23(24-20)27(7-5-6-26-8-10-30-11-9-26)22(29)15-28-19(4)14-18(3)25-28/h12-14H,5-11,15H2,1-4H3. The molecule has 1 aromatic carbocycles. The Morgan fingerprint density at radius 1 is 1.13 bits per heavy atom. The molecule has 4 rings (SSSR count). The second-order valence-corrected chi connectivity index (χ2v) is 9.35. The molecule has 1 saturated heterocycles. The van der Waals surface area contributed by atoms with Crippen LogP contribution < -0.4 is 4.90 Å². The highest BCUT2D eigenvalue weighted by molar-refractivity contribution is 7.22. The summed E-state index contributed by atoms with van der Waals surface area (Å²) in [6.45, 7) is 13.5. The van der Waals surface area contributed by atoms with Gasteiger partial charge in [0.1, 0.15) is 6.54 Å². The van der Waals surface area contributed by atoms with Crippen LogP contribution in [0, 0.1) is 27.7 Å². The zero-order valence-electron chi connectivity index (χ0n) is 18.8. The second-order valence-electron chi connectivity index (χ2n) is 8.34. The van der Waals surface area contributed by atoms with Crippen LogP contribution in [0.4, 0.5) is 5.13 Å². The Hall–Kier alpha value is -2.29. The van der Waals surface area contributed by atoms with Crippen molar-refractivity contribution in [1.82, 2.24) is 19.7 Å².